The van der Waals surface area contributed by atoms with Gasteiger partial charge in [0.1, 0.15) is 11.8 Å². The van der Waals surface area contributed by atoms with Gasteiger partial charge in [-0.2, -0.15) is 14.6 Å². The van der Waals surface area contributed by atoms with Gasteiger partial charge in [0.25, 0.3) is 5.89 Å². The maximum absolute atomic E-state index is 13.5. The van der Waals surface area contributed by atoms with Gasteiger partial charge in [-0.1, -0.05) is 41.6 Å². The first-order chi connectivity index (χ1) is 18.8. The Morgan fingerprint density at radius 3 is 2.67 bits per heavy atom. The van der Waals surface area contributed by atoms with Crippen molar-refractivity contribution in [2.75, 3.05) is 13.2 Å². The second-order valence-electron chi connectivity index (χ2n) is 9.49. The van der Waals surface area contributed by atoms with Crippen LogP contribution in [0, 0.1) is 11.3 Å². The summed E-state index contributed by atoms with van der Waals surface area (Å²) in [5, 5.41) is 23.5. The summed E-state index contributed by atoms with van der Waals surface area (Å²) in [5.41, 5.74) is 3.52. The zero-order valence-corrected chi connectivity index (χ0v) is 22.4. The molecule has 0 unspecified atom stereocenters. The average Bonchev–Trinajstić information content (AvgIpc) is 3.60. The molecule has 0 fully saturated rings. The Labute approximate surface area is 227 Å². The number of aliphatic hydroxyl groups excluding tert-OH is 1. The van der Waals surface area contributed by atoms with E-state index >= 15 is 0 Å². The Kier molecular flexibility index (Phi) is 7.48. The molecule has 9 nitrogen and oxygen atoms in total. The molecule has 0 amide bonds. The highest BCUT2D eigenvalue weighted by atomic mass is 32.2. The first kappa shape index (κ1) is 26.6. The van der Waals surface area contributed by atoms with Gasteiger partial charge >= 0.3 is 0 Å². The molecule has 0 bridgehead atoms. The number of rotatable bonds is 9. The van der Waals surface area contributed by atoms with Gasteiger partial charge in [-0.3, -0.25) is 0 Å². The summed E-state index contributed by atoms with van der Waals surface area (Å²) in [6.07, 6.45) is 1.11. The molecule has 39 heavy (non-hydrogen) atoms. The molecule has 200 valence electrons. The minimum Gasteiger partial charge on any atom is -0.490 e. The van der Waals surface area contributed by atoms with Gasteiger partial charge in [0.15, 0.2) is 0 Å². The molecule has 5 rings (SSSR count). The second kappa shape index (κ2) is 11.0. The van der Waals surface area contributed by atoms with E-state index in [1.54, 1.807) is 48.5 Å². The molecule has 1 aliphatic rings. The lowest BCUT2D eigenvalue weighted by Gasteiger charge is -2.28. The number of sulfonamides is 1. The number of fused-ring (bicyclic) bond motifs is 1. The van der Waals surface area contributed by atoms with Gasteiger partial charge in [-0.05, 0) is 68.1 Å². The van der Waals surface area contributed by atoms with Crippen LogP contribution in [0.3, 0.4) is 0 Å². The Morgan fingerprint density at radius 2 is 1.95 bits per heavy atom. The summed E-state index contributed by atoms with van der Waals surface area (Å²) in [7, 11) is -3.83. The summed E-state index contributed by atoms with van der Waals surface area (Å²) in [4.78, 5) is 4.78. The summed E-state index contributed by atoms with van der Waals surface area (Å²) in [5.74, 6) is 1.13. The van der Waals surface area contributed by atoms with Crippen molar-refractivity contribution in [2.24, 2.45) is 0 Å². The number of hydrogen-bond acceptors (Lipinski definition) is 8. The van der Waals surface area contributed by atoms with Crippen LogP contribution in [0.1, 0.15) is 43.0 Å². The van der Waals surface area contributed by atoms with Crippen LogP contribution in [-0.2, 0) is 16.4 Å². The van der Waals surface area contributed by atoms with E-state index in [9.17, 15) is 18.8 Å². The van der Waals surface area contributed by atoms with Crippen molar-refractivity contribution in [1.82, 2.24) is 14.4 Å². The van der Waals surface area contributed by atoms with Crippen molar-refractivity contribution in [1.29, 1.82) is 5.26 Å². The topological polar surface area (TPSA) is 130 Å². The molecule has 1 heterocycles. The summed E-state index contributed by atoms with van der Waals surface area (Å²) < 4.78 is 39.7. The minimum absolute atomic E-state index is 0.0182. The van der Waals surface area contributed by atoms with E-state index in [1.807, 2.05) is 32.0 Å². The molecule has 0 saturated carbocycles. The van der Waals surface area contributed by atoms with E-state index in [2.05, 4.69) is 16.2 Å². The molecule has 0 aliphatic heterocycles. The number of aromatic nitrogens is 2. The standard InChI is InChI=1S/C29H28N4O5S/c1-19(2)37-27-14-11-20(17-21(27)18-30)29-31-28(32-38-29)25-10-6-9-24-23(25)12-13-26(24)33(15-16-34)39(35,36)22-7-4-3-5-8-22/h3-11,14,17,19,26,34H,12-13,15-16H2,1-2H3/t26-/m1/s1. The van der Waals surface area contributed by atoms with Crippen LogP contribution in [0.4, 0.5) is 0 Å². The first-order valence-corrected chi connectivity index (χ1v) is 14.1. The lowest BCUT2D eigenvalue weighted by molar-refractivity contribution is 0.225. The normalized spacial score (nSPS) is 14.9. The second-order valence-corrected chi connectivity index (χ2v) is 11.4. The lowest BCUT2D eigenvalue weighted by Crippen LogP contribution is -2.36. The fourth-order valence-corrected chi connectivity index (χ4v) is 6.62. The third-order valence-corrected chi connectivity index (χ3v) is 8.56. The van der Waals surface area contributed by atoms with E-state index in [4.69, 9.17) is 9.26 Å². The van der Waals surface area contributed by atoms with Crippen LogP contribution < -0.4 is 4.74 Å². The van der Waals surface area contributed by atoms with Crippen molar-refractivity contribution in [3.8, 4) is 34.7 Å². The lowest BCUT2D eigenvalue weighted by atomic mass is 10.0. The molecule has 0 radical (unpaired) electrons. The number of nitrogens with zero attached hydrogens (tertiary/aromatic N) is 4. The summed E-state index contributed by atoms with van der Waals surface area (Å²) in [6, 6.07) is 20.7. The smallest absolute Gasteiger partial charge is 0.258 e. The first-order valence-electron chi connectivity index (χ1n) is 12.7. The van der Waals surface area contributed by atoms with E-state index in [0.717, 1.165) is 16.7 Å². The molecular weight excluding hydrogens is 516 g/mol. The summed E-state index contributed by atoms with van der Waals surface area (Å²) in [6.45, 7) is 3.47. The highest BCUT2D eigenvalue weighted by molar-refractivity contribution is 7.89. The zero-order chi connectivity index (χ0) is 27.6. The predicted octanol–water partition coefficient (Wildman–Crippen LogP) is 4.73. The number of nitriles is 1. The number of aliphatic hydroxyl groups is 1. The van der Waals surface area contributed by atoms with Crippen LogP contribution in [0.15, 0.2) is 76.1 Å². The molecular formula is C29H28N4O5S. The van der Waals surface area contributed by atoms with Gasteiger partial charge < -0.3 is 14.4 Å². The third kappa shape index (κ3) is 5.16. The summed E-state index contributed by atoms with van der Waals surface area (Å²) >= 11 is 0. The van der Waals surface area contributed by atoms with Gasteiger partial charge in [0.2, 0.25) is 15.8 Å². The van der Waals surface area contributed by atoms with Gasteiger partial charge in [0.05, 0.1) is 29.2 Å². The Bertz CT molecular complexity index is 1630. The predicted molar refractivity (Wildman–Crippen MR) is 144 cm³/mol. The third-order valence-electron chi connectivity index (χ3n) is 6.63. The molecule has 0 saturated heterocycles. The minimum atomic E-state index is -3.83. The van der Waals surface area contributed by atoms with Crippen LogP contribution in [0.5, 0.6) is 5.75 Å². The zero-order valence-electron chi connectivity index (χ0n) is 21.6. The van der Waals surface area contributed by atoms with Crippen molar-refractivity contribution in [3.63, 3.8) is 0 Å². The Balaban J connectivity index is 1.48. The quantitative estimate of drug-likeness (QED) is 0.320. The van der Waals surface area contributed by atoms with Gasteiger partial charge in [-0.25, -0.2) is 8.42 Å². The van der Waals surface area contributed by atoms with E-state index in [1.165, 1.54) is 4.31 Å². The monoisotopic (exact) mass is 544 g/mol. The highest BCUT2D eigenvalue weighted by Gasteiger charge is 2.37. The van der Waals surface area contributed by atoms with E-state index in [0.29, 0.717) is 35.5 Å². The fourth-order valence-electron chi connectivity index (χ4n) is 4.97. The largest absolute Gasteiger partial charge is 0.490 e. The van der Waals surface area contributed by atoms with E-state index in [-0.39, 0.29) is 30.0 Å². The molecule has 4 aromatic rings. The molecule has 1 aromatic heterocycles. The Hall–Kier alpha value is -4.04. The molecule has 1 aliphatic carbocycles. The SMILES string of the molecule is CC(C)Oc1ccc(-c2nc(-c3cccc4c3CC[C@H]4N(CCO)S(=O)(=O)c3ccccc3)no2)cc1C#N. The van der Waals surface area contributed by atoms with Gasteiger partial charge in [-0.15, -0.1) is 0 Å². The van der Waals surface area contributed by atoms with Crippen LogP contribution >= 0.6 is 0 Å². The van der Waals surface area contributed by atoms with E-state index < -0.39 is 16.1 Å². The van der Waals surface area contributed by atoms with Crippen LogP contribution in [0.2, 0.25) is 0 Å². The number of ether oxygens (including phenoxy) is 1. The van der Waals surface area contributed by atoms with Crippen molar-refractivity contribution in [3.05, 3.63) is 83.4 Å². The maximum Gasteiger partial charge on any atom is 0.258 e. The Morgan fingerprint density at radius 1 is 1.15 bits per heavy atom. The number of hydrogen-bond donors (Lipinski definition) is 1. The van der Waals surface area contributed by atoms with Crippen molar-refractivity contribution < 1.29 is 22.8 Å². The highest BCUT2D eigenvalue weighted by Crippen LogP contribution is 2.42. The molecule has 10 heteroatoms. The van der Waals surface area contributed by atoms with Crippen LogP contribution in [-0.4, -0.2) is 47.2 Å². The average molecular weight is 545 g/mol. The van der Waals surface area contributed by atoms with Gasteiger partial charge in [0, 0.05) is 17.7 Å². The molecule has 1 N–H and O–H groups in total. The molecule has 1 atom stereocenters. The molecule has 3 aromatic carbocycles. The number of benzene rings is 3. The maximum atomic E-state index is 13.5. The van der Waals surface area contributed by atoms with Crippen LogP contribution in [0.25, 0.3) is 22.8 Å². The molecule has 0 spiro atoms. The van der Waals surface area contributed by atoms with Crippen molar-refractivity contribution >= 4 is 10.0 Å². The fraction of sp³-hybridized carbons (Fsp3) is 0.276. The van der Waals surface area contributed by atoms with Crippen molar-refractivity contribution in [2.45, 2.75) is 43.7 Å².